The fraction of sp³-hybridized carbons (Fsp3) is 0.125. The van der Waals surface area contributed by atoms with Crippen LogP contribution in [0.2, 0.25) is 0 Å². The molecule has 3 heterocycles. The first-order valence-electron chi connectivity index (χ1n) is 6.55. The molecule has 2 N–H and O–H groups in total. The van der Waals surface area contributed by atoms with Gasteiger partial charge in [0.25, 0.3) is 0 Å². The molecule has 0 aliphatic rings. The van der Waals surface area contributed by atoms with E-state index >= 15 is 0 Å². The second-order valence-electron chi connectivity index (χ2n) is 4.51. The summed E-state index contributed by atoms with van der Waals surface area (Å²) in [4.78, 5) is 5.63. The average Bonchev–Trinajstić information content (AvgIpc) is 3.11. The molecule has 5 heteroatoms. The van der Waals surface area contributed by atoms with E-state index in [0.717, 1.165) is 33.7 Å². The molecule has 21 heavy (non-hydrogen) atoms. The maximum Gasteiger partial charge on any atom is 0.129 e. The fourth-order valence-corrected chi connectivity index (χ4v) is 3.41. The number of aromatic nitrogens is 1. The van der Waals surface area contributed by atoms with Gasteiger partial charge in [-0.1, -0.05) is 13.0 Å². The number of anilines is 1. The topological polar surface area (TPSA) is 75.8 Å². The monoisotopic (exact) mass is 295 g/mol. The summed E-state index contributed by atoms with van der Waals surface area (Å²) in [5, 5.41) is 9.27. The lowest BCUT2D eigenvalue weighted by Gasteiger charge is -2.05. The number of rotatable bonds is 3. The second-order valence-corrected chi connectivity index (χ2v) is 5.53. The Hall–Kier alpha value is -2.58. The summed E-state index contributed by atoms with van der Waals surface area (Å²) < 4.78 is 5.51. The molecule has 0 bridgehead atoms. The van der Waals surface area contributed by atoms with Crippen LogP contribution in [0.15, 0.2) is 41.3 Å². The van der Waals surface area contributed by atoms with Crippen molar-refractivity contribution in [3.05, 3.63) is 47.5 Å². The van der Waals surface area contributed by atoms with Crippen molar-refractivity contribution in [3.8, 4) is 27.6 Å². The molecule has 104 valence electrons. The van der Waals surface area contributed by atoms with Crippen molar-refractivity contribution in [1.82, 2.24) is 4.98 Å². The Kier molecular flexibility index (Phi) is 3.46. The van der Waals surface area contributed by atoms with Gasteiger partial charge in [-0.15, -0.1) is 11.3 Å². The smallest absolute Gasteiger partial charge is 0.129 e. The zero-order valence-electron chi connectivity index (χ0n) is 11.5. The maximum absolute atomic E-state index is 9.27. The number of nitrogens with zero attached hydrogens (tertiary/aromatic N) is 2. The lowest BCUT2D eigenvalue weighted by Crippen LogP contribution is -1.90. The number of nitrogens with two attached hydrogens (primary N) is 1. The number of furan rings is 1. The number of nitriles is 1. The predicted molar refractivity (Wildman–Crippen MR) is 83.8 cm³/mol. The molecule has 0 aliphatic heterocycles. The van der Waals surface area contributed by atoms with E-state index in [4.69, 9.17) is 10.2 Å². The van der Waals surface area contributed by atoms with Crippen LogP contribution in [0, 0.1) is 11.3 Å². The predicted octanol–water partition coefficient (Wildman–Crippen LogP) is 4.09. The van der Waals surface area contributed by atoms with E-state index in [-0.39, 0.29) is 0 Å². The van der Waals surface area contributed by atoms with Crippen LogP contribution in [0.25, 0.3) is 21.6 Å². The van der Waals surface area contributed by atoms with Crippen LogP contribution in [0.5, 0.6) is 0 Å². The van der Waals surface area contributed by atoms with Crippen molar-refractivity contribution in [3.63, 3.8) is 0 Å². The lowest BCUT2D eigenvalue weighted by atomic mass is 10.0. The van der Waals surface area contributed by atoms with E-state index in [1.807, 2.05) is 25.1 Å². The molecule has 0 amide bonds. The number of aryl methyl sites for hydroxylation is 1. The van der Waals surface area contributed by atoms with E-state index in [2.05, 4.69) is 11.1 Å². The third-order valence-corrected chi connectivity index (χ3v) is 4.45. The van der Waals surface area contributed by atoms with Gasteiger partial charge in [0.1, 0.15) is 16.7 Å². The molecule has 4 nitrogen and oxygen atoms in total. The number of nitrogen functional groups attached to an aromatic ring is 1. The molecule has 0 unspecified atom stereocenters. The largest absolute Gasteiger partial charge is 0.469 e. The molecule has 0 spiro atoms. The van der Waals surface area contributed by atoms with E-state index in [0.29, 0.717) is 10.6 Å². The van der Waals surface area contributed by atoms with Gasteiger partial charge in [-0.05, 0) is 12.1 Å². The Labute approximate surface area is 126 Å². The summed E-state index contributed by atoms with van der Waals surface area (Å²) in [5.74, 6) is 0.894. The molecule has 3 aromatic rings. The minimum absolute atomic E-state index is 0.508. The summed E-state index contributed by atoms with van der Waals surface area (Å²) in [5.41, 5.74) is 9.45. The number of thiophene rings is 1. The first-order valence-corrected chi connectivity index (χ1v) is 7.37. The van der Waals surface area contributed by atoms with Gasteiger partial charge in [-0.3, -0.25) is 4.98 Å². The quantitative estimate of drug-likeness (QED) is 0.789. The normalized spacial score (nSPS) is 10.5. The summed E-state index contributed by atoms with van der Waals surface area (Å²) in [6, 6.07) is 7.90. The van der Waals surface area contributed by atoms with Crippen LogP contribution in [0.1, 0.15) is 17.6 Å². The summed E-state index contributed by atoms with van der Waals surface area (Å²) in [7, 11) is 0. The minimum Gasteiger partial charge on any atom is -0.469 e. The zero-order chi connectivity index (χ0) is 14.8. The van der Waals surface area contributed by atoms with Gasteiger partial charge >= 0.3 is 0 Å². The van der Waals surface area contributed by atoms with Crippen LogP contribution >= 0.6 is 11.3 Å². The molecule has 0 saturated carbocycles. The Bertz CT molecular complexity index is 812. The SMILES string of the molecule is CCc1occc1-c1sc(C#N)c(N)c1-c1cccnc1. The van der Waals surface area contributed by atoms with Gasteiger partial charge in [-0.25, -0.2) is 0 Å². The van der Waals surface area contributed by atoms with E-state index in [9.17, 15) is 5.26 Å². The molecule has 3 rings (SSSR count). The Morgan fingerprint density at radius 1 is 1.43 bits per heavy atom. The summed E-state index contributed by atoms with van der Waals surface area (Å²) >= 11 is 1.39. The van der Waals surface area contributed by atoms with Gasteiger partial charge in [0, 0.05) is 40.4 Å². The van der Waals surface area contributed by atoms with E-state index in [1.54, 1.807) is 18.7 Å². The standard InChI is InChI=1S/C16H13N3OS/c1-2-12-11(5-7-20-12)16-14(10-4-3-6-19-9-10)15(18)13(8-17)21-16/h3-7,9H,2,18H2,1H3. The van der Waals surface area contributed by atoms with Crippen LogP contribution < -0.4 is 5.73 Å². The van der Waals surface area contributed by atoms with Crippen LogP contribution in [0.4, 0.5) is 5.69 Å². The molecule has 0 atom stereocenters. The third kappa shape index (κ3) is 2.20. The Balaban J connectivity index is 2.29. The van der Waals surface area contributed by atoms with Crippen molar-refractivity contribution in [2.45, 2.75) is 13.3 Å². The van der Waals surface area contributed by atoms with Gasteiger partial charge in [-0.2, -0.15) is 5.26 Å². The third-order valence-electron chi connectivity index (χ3n) is 3.31. The molecule has 0 fully saturated rings. The second kappa shape index (κ2) is 5.43. The van der Waals surface area contributed by atoms with Gasteiger partial charge in [0.2, 0.25) is 0 Å². The Morgan fingerprint density at radius 2 is 2.29 bits per heavy atom. The van der Waals surface area contributed by atoms with Crippen LogP contribution in [0.3, 0.4) is 0 Å². The fourth-order valence-electron chi connectivity index (χ4n) is 2.33. The van der Waals surface area contributed by atoms with E-state index in [1.165, 1.54) is 11.3 Å². The highest BCUT2D eigenvalue weighted by atomic mass is 32.1. The number of hydrogen-bond acceptors (Lipinski definition) is 5. The highest BCUT2D eigenvalue weighted by Crippen LogP contribution is 2.45. The van der Waals surface area contributed by atoms with Crippen molar-refractivity contribution >= 4 is 17.0 Å². The number of pyridine rings is 1. The molecular formula is C16H13N3OS. The van der Waals surface area contributed by atoms with Crippen molar-refractivity contribution < 1.29 is 4.42 Å². The van der Waals surface area contributed by atoms with Crippen LogP contribution in [-0.4, -0.2) is 4.98 Å². The highest BCUT2D eigenvalue weighted by Gasteiger charge is 2.21. The average molecular weight is 295 g/mol. The molecule has 0 aliphatic carbocycles. The van der Waals surface area contributed by atoms with Crippen molar-refractivity contribution in [2.24, 2.45) is 0 Å². The highest BCUT2D eigenvalue weighted by molar-refractivity contribution is 7.17. The maximum atomic E-state index is 9.27. The molecule has 0 saturated heterocycles. The lowest BCUT2D eigenvalue weighted by molar-refractivity contribution is 0.517. The van der Waals surface area contributed by atoms with E-state index < -0.39 is 0 Å². The molecule has 0 radical (unpaired) electrons. The minimum atomic E-state index is 0.508. The summed E-state index contributed by atoms with van der Waals surface area (Å²) in [6.07, 6.45) is 5.93. The van der Waals surface area contributed by atoms with Crippen molar-refractivity contribution in [2.75, 3.05) is 5.73 Å². The molecular weight excluding hydrogens is 282 g/mol. The van der Waals surface area contributed by atoms with Gasteiger partial charge in [0.15, 0.2) is 0 Å². The van der Waals surface area contributed by atoms with Gasteiger partial charge in [0.05, 0.1) is 12.0 Å². The first-order chi connectivity index (χ1) is 10.3. The first kappa shape index (κ1) is 13.4. The number of hydrogen-bond donors (Lipinski definition) is 1. The van der Waals surface area contributed by atoms with Gasteiger partial charge < -0.3 is 10.2 Å². The summed E-state index contributed by atoms with van der Waals surface area (Å²) in [6.45, 7) is 2.04. The molecule has 3 aromatic heterocycles. The van der Waals surface area contributed by atoms with Crippen LogP contribution in [-0.2, 0) is 6.42 Å². The van der Waals surface area contributed by atoms with Crippen molar-refractivity contribution in [1.29, 1.82) is 5.26 Å². The zero-order valence-corrected chi connectivity index (χ0v) is 12.3. The Morgan fingerprint density at radius 3 is 2.95 bits per heavy atom. The molecule has 0 aromatic carbocycles.